The summed E-state index contributed by atoms with van der Waals surface area (Å²) in [6.07, 6.45) is 7.35. The maximum absolute atomic E-state index is 13.2. The Morgan fingerprint density at radius 1 is 1.19 bits per heavy atom. The zero-order valence-corrected chi connectivity index (χ0v) is 14.8. The topological polar surface area (TPSA) is 57.3 Å². The molecule has 1 aromatic carbocycles. The first-order valence-electron chi connectivity index (χ1n) is 9.18. The predicted molar refractivity (Wildman–Crippen MR) is 100 cm³/mol. The van der Waals surface area contributed by atoms with Crippen molar-refractivity contribution in [1.29, 1.82) is 0 Å². The highest BCUT2D eigenvalue weighted by atomic mass is 19.1. The van der Waals surface area contributed by atoms with Crippen molar-refractivity contribution >= 4 is 11.7 Å². The molecule has 1 aromatic heterocycles. The molecule has 138 valence electrons. The summed E-state index contributed by atoms with van der Waals surface area (Å²) in [5.41, 5.74) is 1.98. The van der Waals surface area contributed by atoms with Crippen molar-refractivity contribution in [3.05, 3.63) is 60.2 Å². The highest BCUT2D eigenvalue weighted by Gasteiger charge is 2.27. The van der Waals surface area contributed by atoms with Gasteiger partial charge in [-0.2, -0.15) is 0 Å². The van der Waals surface area contributed by atoms with Crippen LogP contribution in [0, 0.1) is 5.82 Å². The van der Waals surface area contributed by atoms with Crippen molar-refractivity contribution in [2.24, 2.45) is 0 Å². The molecule has 1 aliphatic heterocycles. The molecular weight excluding hydrogens is 331 g/mol. The normalized spacial score (nSPS) is 17.0. The second-order valence-corrected chi connectivity index (χ2v) is 6.51. The van der Waals surface area contributed by atoms with Gasteiger partial charge in [-0.15, -0.1) is 0 Å². The standard InChI is InChI=1S/C20H25FN4O/c21-17-9-7-16(8-10-17)19-6-1-2-14-25(19)20(26)24-13-4-12-23-18-5-3-11-22-15-18/h3,5,7-11,15,19,23H,1-2,4,6,12-14H2,(H,24,26)/t19-/m1/s1. The van der Waals surface area contributed by atoms with Crippen molar-refractivity contribution in [2.45, 2.75) is 31.7 Å². The van der Waals surface area contributed by atoms with Crippen LogP contribution in [0.5, 0.6) is 0 Å². The van der Waals surface area contributed by atoms with E-state index in [0.29, 0.717) is 6.54 Å². The highest BCUT2D eigenvalue weighted by molar-refractivity contribution is 5.74. The molecule has 2 aromatic rings. The molecule has 5 nitrogen and oxygen atoms in total. The fraction of sp³-hybridized carbons (Fsp3) is 0.400. The van der Waals surface area contributed by atoms with Gasteiger partial charge >= 0.3 is 6.03 Å². The summed E-state index contributed by atoms with van der Waals surface area (Å²) < 4.78 is 13.2. The van der Waals surface area contributed by atoms with Crippen LogP contribution in [0.25, 0.3) is 0 Å². The van der Waals surface area contributed by atoms with Gasteiger partial charge in [-0.1, -0.05) is 12.1 Å². The van der Waals surface area contributed by atoms with E-state index in [9.17, 15) is 9.18 Å². The van der Waals surface area contributed by atoms with E-state index < -0.39 is 0 Å². The Morgan fingerprint density at radius 2 is 2.04 bits per heavy atom. The number of hydrogen-bond acceptors (Lipinski definition) is 3. The minimum Gasteiger partial charge on any atom is -0.384 e. The molecule has 6 heteroatoms. The minimum absolute atomic E-state index is 0.0258. The summed E-state index contributed by atoms with van der Waals surface area (Å²) in [6, 6.07) is 10.3. The SMILES string of the molecule is O=C(NCCCNc1cccnc1)N1CCCC[C@@H]1c1ccc(F)cc1. The Hall–Kier alpha value is -2.63. The first-order valence-corrected chi connectivity index (χ1v) is 9.18. The third kappa shape index (κ3) is 4.94. The molecule has 3 rings (SSSR count). The number of nitrogens with one attached hydrogen (secondary N) is 2. The van der Waals surface area contributed by atoms with Gasteiger partial charge in [0, 0.05) is 32.0 Å². The number of pyridine rings is 1. The van der Waals surface area contributed by atoms with E-state index in [1.807, 2.05) is 17.0 Å². The Labute approximate surface area is 153 Å². The predicted octanol–water partition coefficient (Wildman–Crippen LogP) is 3.96. The van der Waals surface area contributed by atoms with Gasteiger partial charge in [0.05, 0.1) is 11.7 Å². The van der Waals surface area contributed by atoms with E-state index in [1.54, 1.807) is 24.5 Å². The lowest BCUT2D eigenvalue weighted by Gasteiger charge is -2.36. The van der Waals surface area contributed by atoms with Gasteiger partial charge in [0.25, 0.3) is 0 Å². The van der Waals surface area contributed by atoms with Gasteiger partial charge in [-0.3, -0.25) is 4.98 Å². The molecule has 2 heterocycles. The van der Waals surface area contributed by atoms with Gasteiger partial charge in [0.2, 0.25) is 0 Å². The fourth-order valence-corrected chi connectivity index (χ4v) is 3.29. The van der Waals surface area contributed by atoms with Crippen LogP contribution in [0.15, 0.2) is 48.8 Å². The lowest BCUT2D eigenvalue weighted by atomic mass is 9.95. The number of likely N-dealkylation sites (tertiary alicyclic amines) is 1. The van der Waals surface area contributed by atoms with Crippen molar-refractivity contribution in [1.82, 2.24) is 15.2 Å². The molecule has 26 heavy (non-hydrogen) atoms. The molecule has 2 N–H and O–H groups in total. The number of amides is 2. The number of rotatable bonds is 6. The Morgan fingerprint density at radius 3 is 2.81 bits per heavy atom. The largest absolute Gasteiger partial charge is 0.384 e. The Balaban J connectivity index is 1.46. The van der Waals surface area contributed by atoms with Crippen LogP contribution in [-0.2, 0) is 0 Å². The number of piperidine rings is 1. The summed E-state index contributed by atoms with van der Waals surface area (Å²) >= 11 is 0. The van der Waals surface area contributed by atoms with Crippen molar-refractivity contribution in [3.8, 4) is 0 Å². The molecule has 1 atom stereocenters. The van der Waals surface area contributed by atoms with Crippen LogP contribution < -0.4 is 10.6 Å². The molecule has 0 radical (unpaired) electrons. The quantitative estimate of drug-likeness (QED) is 0.770. The lowest BCUT2D eigenvalue weighted by molar-refractivity contribution is 0.151. The molecule has 1 saturated heterocycles. The van der Waals surface area contributed by atoms with Gasteiger partial charge in [-0.05, 0) is 55.5 Å². The number of halogens is 1. The molecular formula is C20H25FN4O. The van der Waals surface area contributed by atoms with E-state index in [-0.39, 0.29) is 17.9 Å². The second kappa shape index (κ2) is 9.17. The summed E-state index contributed by atoms with van der Waals surface area (Å²) in [4.78, 5) is 18.5. The van der Waals surface area contributed by atoms with Gasteiger partial charge < -0.3 is 15.5 Å². The number of urea groups is 1. The summed E-state index contributed by atoms with van der Waals surface area (Å²) in [7, 11) is 0. The maximum Gasteiger partial charge on any atom is 0.317 e. The first kappa shape index (κ1) is 18.2. The minimum atomic E-state index is -0.248. The third-order valence-electron chi connectivity index (χ3n) is 4.64. The van der Waals surface area contributed by atoms with Crippen molar-refractivity contribution < 1.29 is 9.18 Å². The Bertz CT molecular complexity index is 693. The number of aromatic nitrogens is 1. The smallest absolute Gasteiger partial charge is 0.317 e. The van der Waals surface area contributed by atoms with Crippen LogP contribution in [0.2, 0.25) is 0 Å². The molecule has 0 unspecified atom stereocenters. The lowest BCUT2D eigenvalue weighted by Crippen LogP contribution is -2.45. The number of carbonyl (C=O) groups excluding carboxylic acids is 1. The average molecular weight is 356 g/mol. The first-order chi connectivity index (χ1) is 12.7. The van der Waals surface area contributed by atoms with Crippen molar-refractivity contribution in [2.75, 3.05) is 25.0 Å². The van der Waals surface area contributed by atoms with E-state index in [0.717, 1.165) is 50.0 Å². The molecule has 0 saturated carbocycles. The number of nitrogens with zero attached hydrogens (tertiary/aromatic N) is 2. The highest BCUT2D eigenvalue weighted by Crippen LogP contribution is 2.30. The van der Waals surface area contributed by atoms with Crippen LogP contribution >= 0.6 is 0 Å². The van der Waals surface area contributed by atoms with E-state index in [4.69, 9.17) is 0 Å². The molecule has 2 amide bonds. The molecule has 1 fully saturated rings. The second-order valence-electron chi connectivity index (χ2n) is 6.51. The maximum atomic E-state index is 13.2. The Kier molecular flexibility index (Phi) is 6.41. The van der Waals surface area contributed by atoms with Crippen LogP contribution in [-0.4, -0.2) is 35.5 Å². The monoisotopic (exact) mass is 356 g/mol. The number of benzene rings is 1. The molecule has 0 aliphatic carbocycles. The number of hydrogen-bond donors (Lipinski definition) is 2. The van der Waals surface area contributed by atoms with Gasteiger partial charge in [0.15, 0.2) is 0 Å². The molecule has 0 bridgehead atoms. The van der Waals surface area contributed by atoms with E-state index >= 15 is 0 Å². The third-order valence-corrected chi connectivity index (χ3v) is 4.64. The zero-order valence-electron chi connectivity index (χ0n) is 14.8. The molecule has 0 spiro atoms. The summed E-state index contributed by atoms with van der Waals surface area (Å²) in [6.45, 7) is 2.12. The zero-order chi connectivity index (χ0) is 18.2. The van der Waals surface area contributed by atoms with Gasteiger partial charge in [-0.25, -0.2) is 9.18 Å². The number of anilines is 1. The van der Waals surface area contributed by atoms with Gasteiger partial charge in [0.1, 0.15) is 5.82 Å². The van der Waals surface area contributed by atoms with Crippen LogP contribution in [0.1, 0.15) is 37.3 Å². The van der Waals surface area contributed by atoms with Crippen LogP contribution in [0.3, 0.4) is 0 Å². The average Bonchev–Trinajstić information content (AvgIpc) is 2.69. The van der Waals surface area contributed by atoms with E-state index in [1.165, 1.54) is 12.1 Å². The number of carbonyl (C=O) groups is 1. The van der Waals surface area contributed by atoms with Crippen LogP contribution in [0.4, 0.5) is 14.9 Å². The van der Waals surface area contributed by atoms with Crippen molar-refractivity contribution in [3.63, 3.8) is 0 Å². The summed E-state index contributed by atoms with van der Waals surface area (Å²) in [5.74, 6) is -0.248. The van der Waals surface area contributed by atoms with E-state index in [2.05, 4.69) is 15.6 Å². The fourth-order valence-electron chi connectivity index (χ4n) is 3.29. The molecule has 1 aliphatic rings. The summed E-state index contributed by atoms with van der Waals surface area (Å²) in [5, 5.41) is 6.28.